The van der Waals surface area contributed by atoms with Crippen molar-refractivity contribution in [2.45, 2.75) is 42.4 Å². The van der Waals surface area contributed by atoms with E-state index >= 15 is 0 Å². The van der Waals surface area contributed by atoms with Crippen LogP contribution in [0.15, 0.2) is 24.3 Å². The molecule has 6 atom stereocenters. The molecular weight excluding hydrogens is 342 g/mol. The van der Waals surface area contributed by atoms with E-state index in [1.165, 1.54) is 11.1 Å². The summed E-state index contributed by atoms with van der Waals surface area (Å²) in [4.78, 5) is 2.53. The Hall–Kier alpha value is -1.56. The van der Waals surface area contributed by atoms with Gasteiger partial charge >= 0.3 is 0 Å². The van der Waals surface area contributed by atoms with Crippen LogP contribution in [0.3, 0.4) is 0 Å². The van der Waals surface area contributed by atoms with E-state index in [9.17, 15) is 5.11 Å². The molecule has 7 rings (SSSR count). The number of benzene rings is 1. The highest BCUT2D eigenvalue weighted by Gasteiger charge is 2.78. The van der Waals surface area contributed by atoms with Gasteiger partial charge in [0.1, 0.15) is 11.7 Å². The first kappa shape index (κ1) is 16.4. The molecule has 5 heteroatoms. The van der Waals surface area contributed by atoms with E-state index in [0.29, 0.717) is 6.04 Å². The quantitative estimate of drug-likeness (QED) is 0.825. The molecule has 4 aliphatic carbocycles. The lowest BCUT2D eigenvalue weighted by atomic mass is 9.37. The number of ether oxygens (including phenoxy) is 3. The third-order valence-corrected chi connectivity index (χ3v) is 8.63. The van der Waals surface area contributed by atoms with Gasteiger partial charge in [-0.1, -0.05) is 18.2 Å². The normalized spacial score (nSPS) is 45.6. The van der Waals surface area contributed by atoms with Gasteiger partial charge in [0.15, 0.2) is 11.5 Å². The minimum absolute atomic E-state index is 0.0248. The molecule has 0 aromatic heterocycles. The van der Waals surface area contributed by atoms with Crippen molar-refractivity contribution in [3.63, 3.8) is 0 Å². The predicted molar refractivity (Wildman–Crippen MR) is 100 cm³/mol. The highest BCUT2D eigenvalue weighted by atomic mass is 16.6. The van der Waals surface area contributed by atoms with Gasteiger partial charge in [-0.15, -0.1) is 0 Å². The first-order valence-corrected chi connectivity index (χ1v) is 10.0. The second-order valence-electron chi connectivity index (χ2n) is 9.07. The van der Waals surface area contributed by atoms with Crippen LogP contribution in [0, 0.1) is 11.3 Å². The highest BCUT2D eigenvalue weighted by Crippen LogP contribution is 2.74. The molecule has 1 aromatic carbocycles. The fraction of sp³-hybridized carbons (Fsp3) is 0.636. The second kappa shape index (κ2) is 4.88. The second-order valence-corrected chi connectivity index (χ2v) is 9.07. The van der Waals surface area contributed by atoms with Gasteiger partial charge in [-0.25, -0.2) is 0 Å². The van der Waals surface area contributed by atoms with E-state index in [0.717, 1.165) is 37.3 Å². The summed E-state index contributed by atoms with van der Waals surface area (Å²) in [6.07, 6.45) is 7.54. The van der Waals surface area contributed by atoms with E-state index < -0.39 is 5.60 Å². The fourth-order valence-corrected chi connectivity index (χ4v) is 7.56. The Morgan fingerprint density at radius 1 is 1.30 bits per heavy atom. The molecule has 5 nitrogen and oxygen atoms in total. The molecule has 1 saturated carbocycles. The van der Waals surface area contributed by atoms with Crippen LogP contribution in [0.4, 0.5) is 0 Å². The molecule has 0 amide bonds. The Morgan fingerprint density at radius 3 is 2.89 bits per heavy atom. The van der Waals surface area contributed by atoms with Crippen LogP contribution in [0.1, 0.15) is 24.0 Å². The number of hydrogen-bond acceptors (Lipinski definition) is 5. The van der Waals surface area contributed by atoms with Crippen molar-refractivity contribution in [1.82, 2.24) is 4.90 Å². The topological polar surface area (TPSA) is 51.2 Å². The number of aliphatic hydroxyl groups excluding tert-OH is 1. The molecule has 1 aromatic rings. The van der Waals surface area contributed by atoms with Crippen LogP contribution in [-0.4, -0.2) is 62.2 Å². The van der Waals surface area contributed by atoms with Crippen molar-refractivity contribution in [3.8, 4) is 11.5 Å². The van der Waals surface area contributed by atoms with Crippen molar-refractivity contribution in [1.29, 1.82) is 0 Å². The van der Waals surface area contributed by atoms with Gasteiger partial charge < -0.3 is 24.2 Å². The maximum absolute atomic E-state index is 10.3. The Bertz CT molecular complexity index is 868. The van der Waals surface area contributed by atoms with Gasteiger partial charge in [0.05, 0.1) is 12.5 Å². The zero-order chi connectivity index (χ0) is 18.6. The van der Waals surface area contributed by atoms with E-state index in [-0.39, 0.29) is 29.5 Å². The number of likely N-dealkylation sites (N-methyl/N-ethyl adjacent to an activating group) is 1. The lowest BCUT2D eigenvalue weighted by Crippen LogP contribution is -2.79. The van der Waals surface area contributed by atoms with Crippen molar-refractivity contribution >= 4 is 0 Å². The monoisotopic (exact) mass is 369 g/mol. The largest absolute Gasteiger partial charge is 0.493 e. The zero-order valence-electron chi connectivity index (χ0n) is 16.2. The number of methoxy groups -OCH3 is 2. The molecule has 4 bridgehead atoms. The molecule has 2 heterocycles. The number of fused-ring (bicyclic) bond motifs is 1. The summed E-state index contributed by atoms with van der Waals surface area (Å²) in [7, 11) is 5.73. The van der Waals surface area contributed by atoms with Crippen LogP contribution in [0.2, 0.25) is 0 Å². The smallest absolute Gasteiger partial charge is 0.166 e. The molecular formula is C22H27NO4. The molecule has 0 unspecified atom stereocenters. The van der Waals surface area contributed by atoms with Crippen molar-refractivity contribution < 1.29 is 19.3 Å². The average molecular weight is 369 g/mol. The van der Waals surface area contributed by atoms with Crippen molar-refractivity contribution in [2.75, 3.05) is 34.4 Å². The third kappa shape index (κ3) is 1.47. The number of rotatable bonds is 3. The van der Waals surface area contributed by atoms with Gasteiger partial charge in [0.2, 0.25) is 0 Å². The number of nitrogens with zero attached hydrogens (tertiary/aromatic N) is 1. The molecule has 1 saturated heterocycles. The molecule has 27 heavy (non-hydrogen) atoms. The first-order valence-electron chi connectivity index (χ1n) is 10.0. The van der Waals surface area contributed by atoms with Crippen LogP contribution >= 0.6 is 0 Å². The van der Waals surface area contributed by atoms with Gasteiger partial charge in [0, 0.05) is 36.7 Å². The highest BCUT2D eigenvalue weighted by molar-refractivity contribution is 5.65. The molecule has 2 fully saturated rings. The summed E-state index contributed by atoms with van der Waals surface area (Å²) in [5.41, 5.74) is 2.04. The Labute approximate surface area is 159 Å². The number of hydrogen-bond donors (Lipinski definition) is 1. The van der Waals surface area contributed by atoms with Crippen LogP contribution in [0.25, 0.3) is 0 Å². The van der Waals surface area contributed by atoms with Gasteiger partial charge in [-0.2, -0.15) is 0 Å². The molecule has 6 aliphatic rings. The van der Waals surface area contributed by atoms with Crippen LogP contribution in [0.5, 0.6) is 11.5 Å². The zero-order valence-corrected chi connectivity index (χ0v) is 16.2. The third-order valence-electron chi connectivity index (χ3n) is 8.63. The molecule has 1 N–H and O–H groups in total. The number of likely N-dealkylation sites (tertiary alicyclic amines) is 1. The lowest BCUT2D eigenvalue weighted by molar-refractivity contribution is -0.219. The van der Waals surface area contributed by atoms with Gasteiger partial charge in [-0.05, 0) is 44.5 Å². The Balaban J connectivity index is 1.71. The van der Waals surface area contributed by atoms with Gasteiger partial charge in [-0.3, -0.25) is 0 Å². The van der Waals surface area contributed by atoms with E-state index in [1.807, 2.05) is 6.07 Å². The summed E-state index contributed by atoms with van der Waals surface area (Å²) in [5.74, 6) is 1.77. The summed E-state index contributed by atoms with van der Waals surface area (Å²) >= 11 is 0. The fourth-order valence-electron chi connectivity index (χ4n) is 7.56. The van der Waals surface area contributed by atoms with E-state index in [1.54, 1.807) is 14.2 Å². The summed E-state index contributed by atoms with van der Waals surface area (Å²) < 4.78 is 18.6. The molecule has 144 valence electrons. The molecule has 2 spiro atoms. The van der Waals surface area contributed by atoms with Crippen LogP contribution in [-0.2, 0) is 16.6 Å². The van der Waals surface area contributed by atoms with E-state index in [2.05, 4.69) is 30.2 Å². The van der Waals surface area contributed by atoms with Gasteiger partial charge in [0.25, 0.3) is 0 Å². The standard InChI is InChI=1S/C22H27NO4/c1-23-9-8-21-17-13-4-5-15(25-2)18(17)27-19(21)22(26-3)7-6-20(21,16(23)10-13)11-14(22)12-24/h4-7,14,16,19,24H,8-12H2,1-3H3/t14-,16-,19-,20-,21+,22-/m1/s1. The molecule has 2 aliphatic heterocycles. The SMILES string of the molecule is COc1ccc2c3c1O[C@H]1[C@@]4(OC)C=C[C@@]5(C[C@@H]4CO)[C@@H](C2)N(C)CC[C@]315. The predicted octanol–water partition coefficient (Wildman–Crippen LogP) is 1.91. The average Bonchev–Trinajstić information content (AvgIpc) is 3.07. The number of aliphatic hydroxyl groups is 1. The van der Waals surface area contributed by atoms with Crippen LogP contribution < -0.4 is 9.47 Å². The summed E-state index contributed by atoms with van der Waals surface area (Å²) in [6.45, 7) is 1.17. The maximum Gasteiger partial charge on any atom is 0.166 e. The molecule has 0 radical (unpaired) electrons. The van der Waals surface area contributed by atoms with Crippen molar-refractivity contribution in [2.24, 2.45) is 11.3 Å². The van der Waals surface area contributed by atoms with E-state index in [4.69, 9.17) is 14.2 Å². The summed E-state index contributed by atoms with van der Waals surface area (Å²) in [5, 5.41) is 10.3. The Morgan fingerprint density at radius 2 is 2.15 bits per heavy atom. The lowest BCUT2D eigenvalue weighted by Gasteiger charge is -2.71. The number of piperidine rings is 1. The maximum atomic E-state index is 10.3. The summed E-state index contributed by atoms with van der Waals surface area (Å²) in [6, 6.07) is 4.71. The first-order chi connectivity index (χ1) is 13.1. The van der Waals surface area contributed by atoms with Crippen molar-refractivity contribution in [3.05, 3.63) is 35.4 Å². The minimum atomic E-state index is -0.588. The Kier molecular flexibility index (Phi) is 2.97. The minimum Gasteiger partial charge on any atom is -0.493 e.